The molecule has 0 unspecified atom stereocenters. The first-order chi connectivity index (χ1) is 13.5. The summed E-state index contributed by atoms with van der Waals surface area (Å²) in [5.74, 6) is 0.429. The number of aryl methyl sites for hydroxylation is 1. The number of benzene rings is 2. The summed E-state index contributed by atoms with van der Waals surface area (Å²) in [4.78, 5) is 15.1. The summed E-state index contributed by atoms with van der Waals surface area (Å²) >= 11 is 5.66. The van der Waals surface area contributed by atoms with Crippen LogP contribution in [0.15, 0.2) is 53.3 Å². The minimum absolute atomic E-state index is 0.0817. The van der Waals surface area contributed by atoms with Crippen molar-refractivity contribution in [1.29, 1.82) is 0 Å². The van der Waals surface area contributed by atoms with E-state index in [0.29, 0.717) is 29.8 Å². The predicted molar refractivity (Wildman–Crippen MR) is 115 cm³/mol. The van der Waals surface area contributed by atoms with Crippen molar-refractivity contribution in [2.24, 2.45) is 7.05 Å². The van der Waals surface area contributed by atoms with Crippen LogP contribution in [-0.4, -0.2) is 42.0 Å². The molecule has 0 aliphatic heterocycles. The minimum Gasteiger partial charge on any atom is -0.506 e. The van der Waals surface area contributed by atoms with Gasteiger partial charge in [0.15, 0.2) is 0 Å². The number of nitrogens with zero attached hydrogens (tertiary/aromatic N) is 2. The number of rotatable bonds is 6. The molecule has 6 nitrogen and oxygen atoms in total. The van der Waals surface area contributed by atoms with E-state index in [1.165, 1.54) is 4.57 Å². The Morgan fingerprint density at radius 3 is 2.54 bits per heavy atom. The van der Waals surface area contributed by atoms with Crippen LogP contribution in [0.1, 0.15) is 5.56 Å². The van der Waals surface area contributed by atoms with Gasteiger partial charge in [0.05, 0.1) is 19.2 Å². The highest BCUT2D eigenvalue weighted by Gasteiger charge is 2.23. The van der Waals surface area contributed by atoms with Crippen LogP contribution in [0.4, 0.5) is 5.69 Å². The molecule has 0 spiro atoms. The zero-order valence-corrected chi connectivity index (χ0v) is 16.8. The highest BCUT2D eigenvalue weighted by molar-refractivity contribution is 7.81. The fourth-order valence-electron chi connectivity index (χ4n) is 3.10. The van der Waals surface area contributed by atoms with E-state index in [-0.39, 0.29) is 21.9 Å². The molecule has 3 aromatic rings. The van der Waals surface area contributed by atoms with E-state index in [4.69, 9.17) is 21.7 Å². The first-order valence-corrected chi connectivity index (χ1v) is 9.16. The molecule has 0 fully saturated rings. The average molecular weight is 398 g/mol. The summed E-state index contributed by atoms with van der Waals surface area (Å²) in [7, 11) is 4.81. The van der Waals surface area contributed by atoms with Crippen LogP contribution in [0.3, 0.4) is 0 Å². The largest absolute Gasteiger partial charge is 0.506 e. The zero-order chi connectivity index (χ0) is 20.3. The van der Waals surface area contributed by atoms with Gasteiger partial charge in [0.2, 0.25) is 0 Å². The molecular weight excluding hydrogens is 376 g/mol. The van der Waals surface area contributed by atoms with Crippen molar-refractivity contribution in [3.8, 4) is 11.5 Å². The molecule has 1 aromatic heterocycles. The Morgan fingerprint density at radius 2 is 1.89 bits per heavy atom. The summed E-state index contributed by atoms with van der Waals surface area (Å²) in [6, 6.07) is 14.7. The number of fused-ring (bicyclic) bond motifs is 1. The van der Waals surface area contributed by atoms with Crippen molar-refractivity contribution in [3.63, 3.8) is 0 Å². The van der Waals surface area contributed by atoms with Gasteiger partial charge in [-0.15, -0.1) is 0 Å². The lowest BCUT2D eigenvalue weighted by atomic mass is 10.1. The lowest BCUT2D eigenvalue weighted by Crippen LogP contribution is -2.37. The maximum atomic E-state index is 13.0. The Labute approximate surface area is 168 Å². The van der Waals surface area contributed by atoms with E-state index in [2.05, 4.69) is 0 Å². The number of ether oxygens (including phenoxy) is 2. The van der Waals surface area contributed by atoms with Crippen LogP contribution in [0, 0.1) is 0 Å². The van der Waals surface area contributed by atoms with Crippen LogP contribution in [0.25, 0.3) is 10.9 Å². The van der Waals surface area contributed by atoms with Gasteiger partial charge in [-0.2, -0.15) is 0 Å². The van der Waals surface area contributed by atoms with Crippen molar-refractivity contribution in [3.05, 3.63) is 64.4 Å². The average Bonchev–Trinajstić information content (AvgIpc) is 2.73. The lowest BCUT2D eigenvalue weighted by molar-refractivity contribution is 0.208. The van der Waals surface area contributed by atoms with E-state index >= 15 is 0 Å². The summed E-state index contributed by atoms with van der Waals surface area (Å²) < 4.78 is 11.9. The van der Waals surface area contributed by atoms with Gasteiger partial charge in [-0.3, -0.25) is 4.79 Å². The van der Waals surface area contributed by atoms with Gasteiger partial charge in [-0.05, 0) is 30.3 Å². The number of thiocarbonyl (C=S) groups is 1. The maximum Gasteiger partial charge on any atom is 0.264 e. The van der Waals surface area contributed by atoms with Crippen LogP contribution < -0.4 is 15.2 Å². The molecule has 7 heteroatoms. The summed E-state index contributed by atoms with van der Waals surface area (Å²) in [6.07, 6.45) is 0. The van der Waals surface area contributed by atoms with Crippen molar-refractivity contribution >= 4 is 33.8 Å². The third-order valence-corrected chi connectivity index (χ3v) is 5.05. The Hall–Kier alpha value is -2.90. The molecule has 146 valence electrons. The van der Waals surface area contributed by atoms with Gasteiger partial charge in [0, 0.05) is 31.8 Å². The number of para-hydroxylation sites is 1. The molecule has 0 radical (unpaired) electrons. The number of pyridine rings is 1. The Bertz CT molecular complexity index is 1060. The molecule has 1 N–H and O–H groups in total. The van der Waals surface area contributed by atoms with Gasteiger partial charge >= 0.3 is 0 Å². The van der Waals surface area contributed by atoms with E-state index in [9.17, 15) is 9.90 Å². The first kappa shape index (κ1) is 19.9. The van der Waals surface area contributed by atoms with Crippen molar-refractivity contribution < 1.29 is 14.6 Å². The Morgan fingerprint density at radius 1 is 1.18 bits per heavy atom. The number of methoxy groups -OCH3 is 2. The molecule has 28 heavy (non-hydrogen) atoms. The van der Waals surface area contributed by atoms with Crippen LogP contribution in [0.2, 0.25) is 0 Å². The van der Waals surface area contributed by atoms with Gasteiger partial charge in [0.25, 0.3) is 5.56 Å². The minimum atomic E-state index is -0.362. The zero-order valence-electron chi connectivity index (χ0n) is 16.0. The maximum absolute atomic E-state index is 13.0. The SMILES string of the molecule is COCCN(C(=S)c1c(O)c2cc(OC)ccc2n(C)c1=O)c1ccccc1. The molecule has 3 rings (SSSR count). The van der Waals surface area contributed by atoms with Gasteiger partial charge < -0.3 is 24.0 Å². The van der Waals surface area contributed by atoms with E-state index < -0.39 is 0 Å². The monoisotopic (exact) mass is 398 g/mol. The second kappa shape index (κ2) is 8.41. The second-order valence-corrected chi connectivity index (χ2v) is 6.64. The third-order valence-electron chi connectivity index (χ3n) is 4.62. The van der Waals surface area contributed by atoms with Crippen molar-refractivity contribution in [1.82, 2.24) is 4.57 Å². The molecule has 0 saturated heterocycles. The first-order valence-electron chi connectivity index (χ1n) is 8.75. The summed E-state index contributed by atoms with van der Waals surface area (Å²) in [5.41, 5.74) is 1.13. The third kappa shape index (κ3) is 3.58. The molecular formula is C21H22N2O4S. The topological polar surface area (TPSA) is 63.9 Å². The number of hydrogen-bond acceptors (Lipinski definition) is 5. The van der Waals surface area contributed by atoms with Gasteiger partial charge in [0.1, 0.15) is 22.1 Å². The molecule has 0 aliphatic rings. The summed E-state index contributed by atoms with van der Waals surface area (Å²) in [5, 5.41) is 11.5. The number of aromatic nitrogens is 1. The van der Waals surface area contributed by atoms with E-state index in [0.717, 1.165) is 5.69 Å². The summed E-state index contributed by atoms with van der Waals surface area (Å²) in [6.45, 7) is 0.857. The normalized spacial score (nSPS) is 10.8. The number of aromatic hydroxyl groups is 1. The predicted octanol–water partition coefficient (Wildman–Crippen LogP) is 3.08. The number of anilines is 1. The Balaban J connectivity index is 2.20. The second-order valence-electron chi connectivity index (χ2n) is 6.26. The van der Waals surface area contributed by atoms with Gasteiger partial charge in [-0.25, -0.2) is 0 Å². The van der Waals surface area contributed by atoms with Crippen LogP contribution in [-0.2, 0) is 11.8 Å². The lowest BCUT2D eigenvalue weighted by Gasteiger charge is -2.26. The van der Waals surface area contributed by atoms with Crippen LogP contribution >= 0.6 is 12.2 Å². The Kier molecular flexibility index (Phi) is 5.96. The molecule has 0 amide bonds. The smallest absolute Gasteiger partial charge is 0.264 e. The molecule has 0 saturated carbocycles. The fourth-order valence-corrected chi connectivity index (χ4v) is 3.48. The van der Waals surface area contributed by atoms with Crippen molar-refractivity contribution in [2.45, 2.75) is 0 Å². The molecule has 1 heterocycles. The highest BCUT2D eigenvalue weighted by Crippen LogP contribution is 2.31. The highest BCUT2D eigenvalue weighted by atomic mass is 32.1. The molecule has 0 atom stereocenters. The molecule has 0 aliphatic carbocycles. The van der Waals surface area contributed by atoms with E-state index in [1.54, 1.807) is 44.4 Å². The van der Waals surface area contributed by atoms with E-state index in [1.807, 2.05) is 30.3 Å². The number of hydrogen-bond donors (Lipinski definition) is 1. The van der Waals surface area contributed by atoms with Crippen molar-refractivity contribution in [2.75, 3.05) is 32.3 Å². The quantitative estimate of drug-likeness (QED) is 0.644. The standard InChI is InChI=1S/C21H22N2O4S/c1-22-17-10-9-15(27-3)13-16(17)19(24)18(20(22)25)21(28)23(11-12-26-2)14-7-5-4-6-8-14/h4-10,13,24H,11-12H2,1-3H3. The van der Waals surface area contributed by atoms with Gasteiger partial charge in [-0.1, -0.05) is 30.4 Å². The fraction of sp³-hybridized carbons (Fsp3) is 0.238. The van der Waals surface area contributed by atoms with Crippen LogP contribution in [0.5, 0.6) is 11.5 Å². The molecule has 0 bridgehead atoms. The molecule has 2 aromatic carbocycles.